The Hall–Kier alpha value is -2.57. The summed E-state index contributed by atoms with van der Waals surface area (Å²) in [6.45, 7) is 7.92. The van der Waals surface area contributed by atoms with E-state index in [0.29, 0.717) is 18.4 Å². The molecule has 0 radical (unpaired) electrons. The summed E-state index contributed by atoms with van der Waals surface area (Å²) in [4.78, 5) is 8.76. The molecule has 6 nitrogen and oxygen atoms in total. The molecule has 0 atom stereocenters. The Bertz CT molecular complexity index is 746. The number of halogens is 1. The Labute approximate surface area is 159 Å². The van der Waals surface area contributed by atoms with Gasteiger partial charge in [-0.2, -0.15) is 0 Å². The highest BCUT2D eigenvalue weighted by molar-refractivity contribution is 5.78. The number of benzene rings is 1. The number of rotatable bonds is 6. The van der Waals surface area contributed by atoms with Gasteiger partial charge in [0.25, 0.3) is 0 Å². The first-order chi connectivity index (χ1) is 13.1. The molecule has 0 aliphatic carbocycles. The van der Waals surface area contributed by atoms with E-state index < -0.39 is 0 Å². The van der Waals surface area contributed by atoms with Crippen LogP contribution in [0.4, 0.5) is 10.1 Å². The van der Waals surface area contributed by atoms with Crippen molar-refractivity contribution in [1.29, 1.82) is 0 Å². The smallest absolute Gasteiger partial charge is 0.191 e. The topological polar surface area (TPSA) is 70.9 Å². The molecule has 1 aromatic heterocycles. The monoisotopic (exact) mass is 373 g/mol. The van der Waals surface area contributed by atoms with E-state index in [1.54, 1.807) is 0 Å². The molecule has 1 aromatic carbocycles. The van der Waals surface area contributed by atoms with Crippen LogP contribution in [0.1, 0.15) is 44.1 Å². The molecule has 1 aliphatic heterocycles. The second kappa shape index (κ2) is 8.88. The van der Waals surface area contributed by atoms with Gasteiger partial charge in [-0.1, -0.05) is 19.0 Å². The molecule has 0 amide bonds. The first-order valence-corrected chi connectivity index (χ1v) is 9.61. The van der Waals surface area contributed by atoms with E-state index in [9.17, 15) is 4.39 Å². The second-order valence-corrected chi connectivity index (χ2v) is 6.86. The Kier molecular flexibility index (Phi) is 6.32. The Morgan fingerprint density at radius 2 is 1.85 bits per heavy atom. The van der Waals surface area contributed by atoms with Crippen molar-refractivity contribution in [2.75, 3.05) is 31.1 Å². The predicted molar refractivity (Wildman–Crippen MR) is 105 cm³/mol. The Morgan fingerprint density at radius 1 is 1.19 bits per heavy atom. The van der Waals surface area contributed by atoms with Gasteiger partial charge in [-0.3, -0.25) is 0 Å². The van der Waals surface area contributed by atoms with Gasteiger partial charge in [-0.25, -0.2) is 9.38 Å². The number of hydrogen-bond donors (Lipinski definition) is 1. The predicted octanol–water partition coefficient (Wildman–Crippen LogP) is 3.35. The summed E-state index contributed by atoms with van der Waals surface area (Å²) >= 11 is 0. The van der Waals surface area contributed by atoms with Crippen LogP contribution in [0.5, 0.6) is 0 Å². The number of guanidine groups is 1. The number of anilines is 1. The number of hydrogen-bond acceptors (Lipinski definition) is 4. The summed E-state index contributed by atoms with van der Waals surface area (Å²) in [5, 5.41) is 4.17. The van der Waals surface area contributed by atoms with E-state index in [1.807, 2.05) is 18.2 Å². The first kappa shape index (κ1) is 19.2. The molecule has 7 heteroatoms. The standard InChI is InChI=1S/C20H28FN5O/c1-3-15(4-2)19-13-18(27-24-19)14-23-20(22)26-11-9-25(10-12-26)17-7-5-16(21)6-8-17/h5-8,13,15H,3-4,9-12,14H2,1-2H3,(H2,22,23). The van der Waals surface area contributed by atoms with Crippen LogP contribution in [-0.4, -0.2) is 42.2 Å². The van der Waals surface area contributed by atoms with Gasteiger partial charge in [-0.15, -0.1) is 0 Å². The fourth-order valence-electron chi connectivity index (χ4n) is 3.41. The highest BCUT2D eigenvalue weighted by Gasteiger charge is 2.19. The fraction of sp³-hybridized carbons (Fsp3) is 0.500. The van der Waals surface area contributed by atoms with Crippen molar-refractivity contribution in [3.63, 3.8) is 0 Å². The van der Waals surface area contributed by atoms with Crippen LogP contribution < -0.4 is 10.6 Å². The van der Waals surface area contributed by atoms with Gasteiger partial charge in [0.2, 0.25) is 0 Å². The maximum Gasteiger partial charge on any atom is 0.191 e. The molecule has 0 bridgehead atoms. The first-order valence-electron chi connectivity index (χ1n) is 9.61. The van der Waals surface area contributed by atoms with Crippen molar-refractivity contribution >= 4 is 11.6 Å². The molecular weight excluding hydrogens is 345 g/mol. The molecule has 146 valence electrons. The zero-order valence-electron chi connectivity index (χ0n) is 16.1. The lowest BCUT2D eigenvalue weighted by molar-refractivity contribution is 0.366. The van der Waals surface area contributed by atoms with Crippen molar-refractivity contribution in [1.82, 2.24) is 10.1 Å². The van der Waals surface area contributed by atoms with Gasteiger partial charge in [0.05, 0.1) is 5.69 Å². The number of nitrogens with zero attached hydrogens (tertiary/aromatic N) is 4. The van der Waals surface area contributed by atoms with Crippen LogP contribution >= 0.6 is 0 Å². The number of aromatic nitrogens is 1. The van der Waals surface area contributed by atoms with Gasteiger partial charge in [-0.05, 0) is 37.1 Å². The summed E-state index contributed by atoms with van der Waals surface area (Å²) in [6, 6.07) is 8.59. The van der Waals surface area contributed by atoms with E-state index >= 15 is 0 Å². The highest BCUT2D eigenvalue weighted by Crippen LogP contribution is 2.22. The molecule has 1 aliphatic rings. The zero-order valence-corrected chi connectivity index (χ0v) is 16.1. The lowest BCUT2D eigenvalue weighted by Gasteiger charge is -2.36. The van der Waals surface area contributed by atoms with Crippen molar-refractivity contribution in [2.45, 2.75) is 39.2 Å². The summed E-state index contributed by atoms with van der Waals surface area (Å²) in [6.07, 6.45) is 2.10. The number of aliphatic imine (C=N–C) groups is 1. The van der Waals surface area contributed by atoms with Crippen LogP contribution in [-0.2, 0) is 6.54 Å². The lowest BCUT2D eigenvalue weighted by atomic mass is 9.99. The molecular formula is C20H28FN5O. The minimum Gasteiger partial charge on any atom is -0.370 e. The summed E-state index contributed by atoms with van der Waals surface area (Å²) < 4.78 is 18.5. The summed E-state index contributed by atoms with van der Waals surface area (Å²) in [5.41, 5.74) is 8.19. The van der Waals surface area contributed by atoms with Crippen LogP contribution in [0.15, 0.2) is 39.8 Å². The molecule has 2 N–H and O–H groups in total. The third kappa shape index (κ3) is 4.78. The minimum absolute atomic E-state index is 0.214. The molecule has 1 fully saturated rings. The van der Waals surface area contributed by atoms with Gasteiger partial charge in [0, 0.05) is 43.9 Å². The van der Waals surface area contributed by atoms with E-state index in [4.69, 9.17) is 10.3 Å². The summed E-state index contributed by atoms with van der Waals surface area (Å²) in [5.74, 6) is 1.48. The van der Waals surface area contributed by atoms with Crippen molar-refractivity contribution < 1.29 is 8.91 Å². The molecule has 0 saturated carbocycles. The molecule has 27 heavy (non-hydrogen) atoms. The molecule has 3 rings (SSSR count). The third-order valence-corrected chi connectivity index (χ3v) is 5.17. The van der Waals surface area contributed by atoms with Crippen LogP contribution in [0.3, 0.4) is 0 Å². The normalized spacial score (nSPS) is 15.6. The molecule has 0 unspecified atom stereocenters. The number of nitrogens with two attached hydrogens (primary N) is 1. The van der Waals surface area contributed by atoms with Crippen molar-refractivity contribution in [3.8, 4) is 0 Å². The van der Waals surface area contributed by atoms with Crippen LogP contribution in [0.25, 0.3) is 0 Å². The SMILES string of the molecule is CCC(CC)c1cc(CN=C(N)N2CCN(c3ccc(F)cc3)CC2)on1. The van der Waals surface area contributed by atoms with Crippen molar-refractivity contribution in [2.24, 2.45) is 10.7 Å². The van der Waals surface area contributed by atoms with E-state index in [-0.39, 0.29) is 5.82 Å². The third-order valence-electron chi connectivity index (χ3n) is 5.17. The summed E-state index contributed by atoms with van der Waals surface area (Å²) in [7, 11) is 0. The van der Waals surface area contributed by atoms with Crippen molar-refractivity contribution in [3.05, 3.63) is 47.6 Å². The molecule has 2 heterocycles. The van der Waals surface area contributed by atoms with Gasteiger partial charge in [0.1, 0.15) is 12.4 Å². The number of piperazine rings is 1. The average molecular weight is 373 g/mol. The lowest BCUT2D eigenvalue weighted by Crippen LogP contribution is -2.51. The highest BCUT2D eigenvalue weighted by atomic mass is 19.1. The quantitative estimate of drug-likeness (QED) is 0.621. The molecule has 2 aromatic rings. The van der Waals surface area contributed by atoms with Gasteiger partial charge >= 0.3 is 0 Å². The van der Waals surface area contributed by atoms with E-state index in [1.165, 1.54) is 12.1 Å². The second-order valence-electron chi connectivity index (χ2n) is 6.86. The largest absolute Gasteiger partial charge is 0.370 e. The maximum absolute atomic E-state index is 13.1. The van der Waals surface area contributed by atoms with E-state index in [0.717, 1.165) is 56.2 Å². The minimum atomic E-state index is -0.214. The Morgan fingerprint density at radius 3 is 2.48 bits per heavy atom. The fourth-order valence-corrected chi connectivity index (χ4v) is 3.41. The Balaban J connectivity index is 1.53. The molecule has 0 spiro atoms. The van der Waals surface area contributed by atoms with Gasteiger partial charge < -0.3 is 20.1 Å². The van der Waals surface area contributed by atoms with Crippen LogP contribution in [0.2, 0.25) is 0 Å². The zero-order chi connectivity index (χ0) is 19.2. The van der Waals surface area contributed by atoms with Crippen LogP contribution in [0, 0.1) is 5.82 Å². The maximum atomic E-state index is 13.1. The molecule has 1 saturated heterocycles. The van der Waals surface area contributed by atoms with Gasteiger partial charge in [0.15, 0.2) is 11.7 Å². The average Bonchev–Trinajstić information content (AvgIpc) is 3.17. The van der Waals surface area contributed by atoms with E-state index in [2.05, 4.69) is 33.8 Å².